The topological polar surface area (TPSA) is 66.8 Å². The smallest absolute Gasteiger partial charge is 0.309 e. The van der Waals surface area contributed by atoms with Crippen molar-refractivity contribution < 1.29 is 19.2 Å². The van der Waals surface area contributed by atoms with Crippen LogP contribution in [0.25, 0.3) is 0 Å². The minimum Gasteiger partial charge on any atom is -0.481 e. The number of hydrogen-bond donors (Lipinski definition) is 2. The Labute approximate surface area is 82.5 Å². The zero-order valence-electron chi connectivity index (χ0n) is 8.27. The van der Waals surface area contributed by atoms with Crippen LogP contribution in [0.4, 0.5) is 0 Å². The van der Waals surface area contributed by atoms with Gasteiger partial charge in [0, 0.05) is 6.26 Å². The van der Waals surface area contributed by atoms with Crippen LogP contribution in [0, 0.1) is 5.92 Å². The number of rotatable bonds is 5. The van der Waals surface area contributed by atoms with Gasteiger partial charge in [0.05, 0.1) is 12.0 Å². The molecule has 0 saturated heterocycles. The van der Waals surface area contributed by atoms with Crippen molar-refractivity contribution in [3.8, 4) is 0 Å². The summed E-state index contributed by atoms with van der Waals surface area (Å²) >= 11 is 1.11. The monoisotopic (exact) mass is 208 g/mol. The number of carboxylic acid groups (broad SMARTS) is 1. The van der Waals surface area contributed by atoms with E-state index in [2.05, 4.69) is 0 Å². The van der Waals surface area contributed by atoms with Crippen LogP contribution in [0.15, 0.2) is 0 Å². The molecule has 13 heavy (non-hydrogen) atoms. The van der Waals surface area contributed by atoms with Gasteiger partial charge in [-0.05, 0) is 32.8 Å². The van der Waals surface area contributed by atoms with Gasteiger partial charge < -0.3 is 14.4 Å². The molecule has 0 rings (SSSR count). The van der Waals surface area contributed by atoms with Gasteiger partial charge in [0.1, 0.15) is 5.60 Å². The molecule has 2 N–H and O–H groups in total. The Bertz CT molecular complexity index is 181. The summed E-state index contributed by atoms with van der Waals surface area (Å²) in [5.41, 5.74) is -1.35. The second kappa shape index (κ2) is 4.83. The fraction of sp³-hybridized carbons (Fsp3) is 0.875. The van der Waals surface area contributed by atoms with Crippen LogP contribution in [0.5, 0.6) is 0 Å². The predicted molar refractivity (Wildman–Crippen MR) is 51.5 cm³/mol. The largest absolute Gasteiger partial charge is 0.481 e. The quantitative estimate of drug-likeness (QED) is 0.663. The molecule has 0 saturated carbocycles. The van der Waals surface area contributed by atoms with E-state index in [1.54, 1.807) is 13.2 Å². The fourth-order valence-corrected chi connectivity index (χ4v) is 1.33. The lowest BCUT2D eigenvalue weighted by Crippen LogP contribution is -2.47. The minimum atomic E-state index is -1.35. The number of carbonyl (C=O) groups is 1. The van der Waals surface area contributed by atoms with Crippen LogP contribution < -0.4 is 0 Å². The summed E-state index contributed by atoms with van der Waals surface area (Å²) in [6.45, 7) is 4.57. The highest BCUT2D eigenvalue weighted by atomic mass is 32.2. The summed E-state index contributed by atoms with van der Waals surface area (Å²) in [7, 11) is 0. The molecule has 0 aliphatic carbocycles. The average molecular weight is 208 g/mol. The van der Waals surface area contributed by atoms with E-state index in [4.69, 9.17) is 9.29 Å². The lowest BCUT2D eigenvalue weighted by Gasteiger charge is -2.32. The molecule has 4 nitrogen and oxygen atoms in total. The van der Waals surface area contributed by atoms with Gasteiger partial charge in [0.25, 0.3) is 0 Å². The molecular formula is C8H16O4S. The molecule has 5 heteroatoms. The maximum atomic E-state index is 10.6. The van der Waals surface area contributed by atoms with Crippen LogP contribution in [0.1, 0.15) is 20.8 Å². The number of carboxylic acids is 1. The SMILES string of the molecule is CSOC(C)C(C)(O)C(C)C(=O)O. The Balaban J connectivity index is 4.44. The van der Waals surface area contributed by atoms with Gasteiger partial charge in [0.15, 0.2) is 0 Å². The maximum absolute atomic E-state index is 10.6. The van der Waals surface area contributed by atoms with Crippen molar-refractivity contribution in [1.29, 1.82) is 0 Å². The molecule has 0 bridgehead atoms. The molecule has 0 heterocycles. The highest BCUT2D eigenvalue weighted by molar-refractivity contribution is 7.93. The summed E-state index contributed by atoms with van der Waals surface area (Å²) in [5, 5.41) is 18.5. The molecule has 0 aromatic rings. The highest BCUT2D eigenvalue weighted by Crippen LogP contribution is 2.25. The predicted octanol–water partition coefficient (Wildman–Crippen LogP) is 1.14. The van der Waals surface area contributed by atoms with E-state index in [0.717, 1.165) is 12.0 Å². The van der Waals surface area contributed by atoms with Crippen LogP contribution in [-0.4, -0.2) is 34.1 Å². The van der Waals surface area contributed by atoms with Gasteiger partial charge in [-0.2, -0.15) is 0 Å². The Morgan fingerprint density at radius 3 is 2.31 bits per heavy atom. The first-order chi connectivity index (χ1) is 5.84. The third kappa shape index (κ3) is 3.17. The molecule has 3 atom stereocenters. The van der Waals surface area contributed by atoms with E-state index in [1.165, 1.54) is 13.8 Å². The van der Waals surface area contributed by atoms with Crippen molar-refractivity contribution in [3.63, 3.8) is 0 Å². The molecule has 0 radical (unpaired) electrons. The lowest BCUT2D eigenvalue weighted by molar-refractivity contribution is -0.155. The molecule has 3 unspecified atom stereocenters. The van der Waals surface area contributed by atoms with E-state index < -0.39 is 23.6 Å². The lowest BCUT2D eigenvalue weighted by atomic mass is 9.86. The summed E-state index contributed by atoms with van der Waals surface area (Å²) in [5.74, 6) is -1.88. The summed E-state index contributed by atoms with van der Waals surface area (Å²) < 4.78 is 5.08. The number of aliphatic hydroxyl groups is 1. The summed E-state index contributed by atoms with van der Waals surface area (Å²) in [6, 6.07) is 0. The van der Waals surface area contributed by atoms with E-state index in [9.17, 15) is 9.90 Å². The van der Waals surface area contributed by atoms with Crippen LogP contribution in [0.2, 0.25) is 0 Å². The van der Waals surface area contributed by atoms with Gasteiger partial charge in [-0.15, -0.1) is 0 Å². The van der Waals surface area contributed by atoms with Gasteiger partial charge in [-0.25, -0.2) is 0 Å². The molecular weight excluding hydrogens is 192 g/mol. The molecule has 0 amide bonds. The van der Waals surface area contributed by atoms with Crippen molar-refractivity contribution in [3.05, 3.63) is 0 Å². The first-order valence-electron chi connectivity index (χ1n) is 3.98. The molecule has 0 aromatic heterocycles. The van der Waals surface area contributed by atoms with E-state index >= 15 is 0 Å². The molecule has 0 fully saturated rings. The zero-order chi connectivity index (χ0) is 10.6. The van der Waals surface area contributed by atoms with Gasteiger partial charge in [0.2, 0.25) is 0 Å². The molecule has 0 aliphatic heterocycles. The second-order valence-corrected chi connectivity index (χ2v) is 3.72. The summed E-state index contributed by atoms with van der Waals surface area (Å²) in [6.07, 6.45) is 1.20. The van der Waals surface area contributed by atoms with Gasteiger partial charge in [-0.3, -0.25) is 4.79 Å². The Hall–Kier alpha value is -0.260. The van der Waals surface area contributed by atoms with E-state index in [0.29, 0.717) is 0 Å². The molecule has 78 valence electrons. The van der Waals surface area contributed by atoms with Gasteiger partial charge >= 0.3 is 5.97 Å². The van der Waals surface area contributed by atoms with Crippen molar-refractivity contribution in [2.24, 2.45) is 5.92 Å². The van der Waals surface area contributed by atoms with Crippen molar-refractivity contribution in [2.45, 2.75) is 32.5 Å². The second-order valence-electron chi connectivity index (χ2n) is 3.19. The Morgan fingerprint density at radius 1 is 1.54 bits per heavy atom. The fourth-order valence-electron chi connectivity index (χ4n) is 0.844. The van der Waals surface area contributed by atoms with E-state index in [1.807, 2.05) is 0 Å². The molecule has 0 aromatic carbocycles. The van der Waals surface area contributed by atoms with E-state index in [-0.39, 0.29) is 0 Å². The van der Waals surface area contributed by atoms with Crippen molar-refractivity contribution in [1.82, 2.24) is 0 Å². The first kappa shape index (κ1) is 12.7. The summed E-state index contributed by atoms with van der Waals surface area (Å²) in [4.78, 5) is 10.6. The highest BCUT2D eigenvalue weighted by Gasteiger charge is 2.39. The first-order valence-corrected chi connectivity index (χ1v) is 5.13. The van der Waals surface area contributed by atoms with Crippen molar-refractivity contribution >= 4 is 18.0 Å². The number of hydrogen-bond acceptors (Lipinski definition) is 4. The number of aliphatic carboxylic acids is 1. The standard InChI is InChI=1S/C8H16O4S/c1-5(7(9)10)8(3,11)6(2)12-13-4/h5-6,11H,1-4H3,(H,9,10). The Morgan fingerprint density at radius 2 is 2.00 bits per heavy atom. The molecule has 0 aliphatic rings. The third-order valence-electron chi connectivity index (χ3n) is 2.31. The molecule has 0 spiro atoms. The van der Waals surface area contributed by atoms with Crippen LogP contribution >= 0.6 is 12.0 Å². The van der Waals surface area contributed by atoms with Gasteiger partial charge in [-0.1, -0.05) is 0 Å². The van der Waals surface area contributed by atoms with Crippen LogP contribution in [-0.2, 0) is 8.98 Å². The average Bonchev–Trinajstić information content (AvgIpc) is 2.03. The normalized spacial score (nSPS) is 20.4. The van der Waals surface area contributed by atoms with Crippen molar-refractivity contribution in [2.75, 3.05) is 6.26 Å². The Kier molecular flexibility index (Phi) is 4.74. The maximum Gasteiger partial charge on any atom is 0.309 e. The zero-order valence-corrected chi connectivity index (χ0v) is 9.09. The minimum absolute atomic E-state index is 0.520. The third-order valence-corrected chi connectivity index (χ3v) is 2.79. The van der Waals surface area contributed by atoms with Crippen LogP contribution in [0.3, 0.4) is 0 Å².